The lowest BCUT2D eigenvalue weighted by molar-refractivity contribution is -0.123. The number of carbonyl (C=O) groups is 1. The second-order valence-corrected chi connectivity index (χ2v) is 6.88. The fraction of sp³-hybridized carbons (Fsp3) is 0.412. The van der Waals surface area contributed by atoms with Gasteiger partial charge in [-0.1, -0.05) is 19.1 Å². The third kappa shape index (κ3) is 4.01. The molecule has 0 aliphatic rings. The molecule has 0 saturated heterocycles. The Hall–Kier alpha value is -2.35. The van der Waals surface area contributed by atoms with Crippen LogP contribution in [0.2, 0.25) is 0 Å². The van der Waals surface area contributed by atoms with Crippen molar-refractivity contribution < 1.29 is 4.79 Å². The Bertz CT molecular complexity index is 829. The monoisotopic (exact) mass is 358 g/mol. The van der Waals surface area contributed by atoms with E-state index in [1.165, 1.54) is 0 Å². The lowest BCUT2D eigenvalue weighted by atomic mass is 10.2. The molecular formula is C17H22N6OS. The number of hydrogen-bond acceptors (Lipinski definition) is 5. The van der Waals surface area contributed by atoms with E-state index in [0.29, 0.717) is 6.54 Å². The molecule has 0 aliphatic carbocycles. The molecule has 1 amide bonds. The van der Waals surface area contributed by atoms with Gasteiger partial charge in [0.25, 0.3) is 0 Å². The SMILES string of the molecule is CCCc1nc2ccccc2n1C(C)C(=O)NCCSc1cn[nH]n1. The number of amides is 1. The summed E-state index contributed by atoms with van der Waals surface area (Å²) in [5.74, 6) is 1.71. The van der Waals surface area contributed by atoms with Gasteiger partial charge in [-0.25, -0.2) is 4.98 Å². The quantitative estimate of drug-likeness (QED) is 0.477. The van der Waals surface area contributed by atoms with E-state index in [-0.39, 0.29) is 11.9 Å². The van der Waals surface area contributed by atoms with Crippen LogP contribution in [-0.4, -0.2) is 43.2 Å². The third-order valence-electron chi connectivity index (χ3n) is 3.95. The lowest BCUT2D eigenvalue weighted by Gasteiger charge is -2.17. The zero-order valence-corrected chi connectivity index (χ0v) is 15.2. The van der Waals surface area contributed by atoms with Crippen LogP contribution in [0, 0.1) is 0 Å². The van der Waals surface area contributed by atoms with Crippen molar-refractivity contribution in [3.63, 3.8) is 0 Å². The van der Waals surface area contributed by atoms with Gasteiger partial charge < -0.3 is 9.88 Å². The number of fused-ring (bicyclic) bond motifs is 1. The highest BCUT2D eigenvalue weighted by molar-refractivity contribution is 7.99. The van der Waals surface area contributed by atoms with Crippen molar-refractivity contribution in [1.82, 2.24) is 30.3 Å². The summed E-state index contributed by atoms with van der Waals surface area (Å²) in [7, 11) is 0. The van der Waals surface area contributed by atoms with E-state index in [2.05, 4.69) is 32.2 Å². The summed E-state index contributed by atoms with van der Waals surface area (Å²) in [4.78, 5) is 17.3. The van der Waals surface area contributed by atoms with Crippen LogP contribution in [0.3, 0.4) is 0 Å². The zero-order valence-electron chi connectivity index (χ0n) is 14.4. The average Bonchev–Trinajstić information content (AvgIpc) is 3.25. The first-order chi connectivity index (χ1) is 12.2. The molecule has 0 saturated carbocycles. The van der Waals surface area contributed by atoms with Crippen LogP contribution in [0.4, 0.5) is 0 Å². The van der Waals surface area contributed by atoms with Gasteiger partial charge in [0, 0.05) is 18.7 Å². The Labute approximate surface area is 150 Å². The van der Waals surface area contributed by atoms with E-state index >= 15 is 0 Å². The highest BCUT2D eigenvalue weighted by Crippen LogP contribution is 2.22. The largest absolute Gasteiger partial charge is 0.353 e. The lowest BCUT2D eigenvalue weighted by Crippen LogP contribution is -2.33. The first-order valence-corrected chi connectivity index (χ1v) is 9.41. The maximum Gasteiger partial charge on any atom is 0.242 e. The molecule has 2 aromatic heterocycles. The molecule has 2 heterocycles. The number of rotatable bonds is 8. The highest BCUT2D eigenvalue weighted by atomic mass is 32.2. The number of benzene rings is 1. The van der Waals surface area contributed by atoms with Crippen molar-refractivity contribution in [3.05, 3.63) is 36.3 Å². The molecule has 1 aromatic carbocycles. The van der Waals surface area contributed by atoms with Gasteiger partial charge in [0.1, 0.15) is 16.9 Å². The number of carbonyl (C=O) groups excluding carboxylic acids is 1. The zero-order chi connectivity index (χ0) is 17.6. The first-order valence-electron chi connectivity index (χ1n) is 8.42. The number of aromatic nitrogens is 5. The van der Waals surface area contributed by atoms with E-state index in [4.69, 9.17) is 4.98 Å². The van der Waals surface area contributed by atoms with Crippen molar-refractivity contribution in [2.75, 3.05) is 12.3 Å². The van der Waals surface area contributed by atoms with Gasteiger partial charge in [-0.15, -0.1) is 16.9 Å². The number of hydrogen-bond donors (Lipinski definition) is 2. The molecule has 1 atom stereocenters. The second kappa shape index (κ2) is 8.15. The number of nitrogens with one attached hydrogen (secondary N) is 2. The number of para-hydroxylation sites is 2. The summed E-state index contributed by atoms with van der Waals surface area (Å²) in [6.45, 7) is 4.62. The molecule has 1 unspecified atom stereocenters. The van der Waals surface area contributed by atoms with Crippen LogP contribution in [0.1, 0.15) is 32.1 Å². The number of H-pyrrole nitrogens is 1. The van der Waals surface area contributed by atoms with E-state index in [1.54, 1.807) is 18.0 Å². The summed E-state index contributed by atoms with van der Waals surface area (Å²) in [6.07, 6.45) is 3.52. The van der Waals surface area contributed by atoms with E-state index < -0.39 is 0 Å². The maximum atomic E-state index is 12.6. The Kier molecular flexibility index (Phi) is 5.70. The number of thioether (sulfide) groups is 1. The fourth-order valence-corrected chi connectivity index (χ4v) is 3.43. The molecule has 0 bridgehead atoms. The topological polar surface area (TPSA) is 88.5 Å². The van der Waals surface area contributed by atoms with Gasteiger partial charge >= 0.3 is 0 Å². The van der Waals surface area contributed by atoms with Gasteiger partial charge in [-0.05, 0) is 25.5 Å². The minimum atomic E-state index is -0.300. The molecule has 2 N–H and O–H groups in total. The standard InChI is InChI=1S/C17H22N6OS/c1-3-6-15-20-13-7-4-5-8-14(13)23(15)12(2)17(24)18-9-10-25-16-11-19-22-21-16/h4-5,7-8,11-12H,3,6,9-10H2,1-2H3,(H,18,24)(H,19,21,22). The van der Waals surface area contributed by atoms with Crippen molar-refractivity contribution in [1.29, 1.82) is 0 Å². The summed E-state index contributed by atoms with van der Waals surface area (Å²) in [5, 5.41) is 14.1. The number of nitrogens with zero attached hydrogens (tertiary/aromatic N) is 4. The van der Waals surface area contributed by atoms with Crippen LogP contribution in [0.25, 0.3) is 11.0 Å². The summed E-state index contributed by atoms with van der Waals surface area (Å²) < 4.78 is 2.05. The van der Waals surface area contributed by atoms with Crippen LogP contribution in [0.15, 0.2) is 35.5 Å². The number of aryl methyl sites for hydroxylation is 1. The van der Waals surface area contributed by atoms with Crippen molar-refractivity contribution >= 4 is 28.7 Å². The predicted octanol–water partition coefficient (Wildman–Crippen LogP) is 2.58. The first kappa shape index (κ1) is 17.5. The van der Waals surface area contributed by atoms with Gasteiger partial charge in [0.05, 0.1) is 17.2 Å². The Morgan fingerprint density at radius 3 is 3.00 bits per heavy atom. The molecule has 25 heavy (non-hydrogen) atoms. The summed E-state index contributed by atoms with van der Waals surface area (Å²) >= 11 is 1.55. The molecule has 8 heteroatoms. The van der Waals surface area contributed by atoms with Gasteiger partial charge in [-0.3, -0.25) is 4.79 Å². The predicted molar refractivity (Wildman–Crippen MR) is 98.6 cm³/mol. The van der Waals surface area contributed by atoms with Crippen LogP contribution >= 0.6 is 11.8 Å². The van der Waals surface area contributed by atoms with Crippen molar-refractivity contribution in [2.45, 2.75) is 37.8 Å². The summed E-state index contributed by atoms with van der Waals surface area (Å²) in [5.41, 5.74) is 1.94. The van der Waals surface area contributed by atoms with Gasteiger partial charge in [0.2, 0.25) is 5.91 Å². The van der Waals surface area contributed by atoms with Crippen LogP contribution in [0.5, 0.6) is 0 Å². The number of aromatic amines is 1. The fourth-order valence-electron chi connectivity index (χ4n) is 2.78. The average molecular weight is 358 g/mol. The second-order valence-electron chi connectivity index (χ2n) is 5.76. The van der Waals surface area contributed by atoms with Gasteiger partial charge in [-0.2, -0.15) is 10.3 Å². The molecule has 3 rings (SSSR count). The Balaban J connectivity index is 1.66. The van der Waals surface area contributed by atoms with E-state index in [1.807, 2.05) is 31.2 Å². The molecule has 3 aromatic rings. The minimum Gasteiger partial charge on any atom is -0.353 e. The molecule has 0 spiro atoms. The number of imidazole rings is 1. The molecule has 7 nitrogen and oxygen atoms in total. The molecular weight excluding hydrogens is 336 g/mol. The normalized spacial score (nSPS) is 12.4. The molecule has 0 aliphatic heterocycles. The van der Waals surface area contributed by atoms with Crippen molar-refractivity contribution in [3.8, 4) is 0 Å². The Morgan fingerprint density at radius 1 is 1.40 bits per heavy atom. The van der Waals surface area contributed by atoms with E-state index in [9.17, 15) is 4.79 Å². The van der Waals surface area contributed by atoms with Crippen molar-refractivity contribution in [2.24, 2.45) is 0 Å². The van der Waals surface area contributed by atoms with Crippen LogP contribution < -0.4 is 5.32 Å². The smallest absolute Gasteiger partial charge is 0.242 e. The summed E-state index contributed by atoms with van der Waals surface area (Å²) in [6, 6.07) is 7.66. The molecule has 0 radical (unpaired) electrons. The maximum absolute atomic E-state index is 12.6. The Morgan fingerprint density at radius 2 is 2.24 bits per heavy atom. The molecule has 0 fully saturated rings. The third-order valence-corrected chi connectivity index (χ3v) is 4.85. The highest BCUT2D eigenvalue weighted by Gasteiger charge is 2.20. The minimum absolute atomic E-state index is 0.00117. The van der Waals surface area contributed by atoms with Gasteiger partial charge in [0.15, 0.2) is 0 Å². The van der Waals surface area contributed by atoms with Crippen LogP contribution in [-0.2, 0) is 11.2 Å². The van der Waals surface area contributed by atoms with E-state index in [0.717, 1.165) is 40.5 Å². The molecule has 132 valence electrons.